The van der Waals surface area contributed by atoms with Crippen molar-refractivity contribution in [1.29, 1.82) is 0 Å². The van der Waals surface area contributed by atoms with Gasteiger partial charge < -0.3 is 14.8 Å². The van der Waals surface area contributed by atoms with Crippen LogP contribution in [-0.4, -0.2) is 12.0 Å². The van der Waals surface area contributed by atoms with Crippen LogP contribution in [-0.2, 0) is 15.7 Å². The Bertz CT molecular complexity index is 1170. The van der Waals surface area contributed by atoms with Crippen LogP contribution in [0, 0.1) is 17.6 Å². The third kappa shape index (κ3) is 6.71. The molecule has 2 unspecified atom stereocenters. The van der Waals surface area contributed by atoms with Crippen LogP contribution in [0.5, 0.6) is 11.5 Å². The number of anilines is 1. The highest BCUT2D eigenvalue weighted by molar-refractivity contribution is 5.80. The molecule has 0 spiro atoms. The normalized spacial score (nSPS) is 13.3. The van der Waals surface area contributed by atoms with E-state index in [2.05, 4.69) is 5.32 Å². The molecular weight excluding hydrogens is 469 g/mol. The van der Waals surface area contributed by atoms with Crippen molar-refractivity contribution in [2.75, 3.05) is 5.32 Å². The second-order valence-corrected chi connectivity index (χ2v) is 8.24. The maximum Gasteiger partial charge on any atom is 0.416 e. The molecule has 1 N–H and O–H groups in total. The van der Waals surface area contributed by atoms with Gasteiger partial charge >= 0.3 is 12.1 Å². The van der Waals surface area contributed by atoms with E-state index in [-0.39, 0.29) is 17.4 Å². The van der Waals surface area contributed by atoms with E-state index in [4.69, 9.17) is 9.47 Å². The van der Waals surface area contributed by atoms with E-state index in [9.17, 15) is 26.7 Å². The van der Waals surface area contributed by atoms with E-state index in [1.54, 1.807) is 51.1 Å². The standard InChI is InChI=1S/C26H24F5NO3/c1-15(2)24(32-22-12-10-18(14-21(22)28)26(29,30)31)25(33)34-16(3)17-9-11-20(27)23(13-17)35-19-7-5-4-6-8-19/h4-16,24,32H,1-3H3. The Balaban J connectivity index is 1.74. The summed E-state index contributed by atoms with van der Waals surface area (Å²) in [5.41, 5.74) is -0.946. The van der Waals surface area contributed by atoms with E-state index in [1.807, 2.05) is 0 Å². The van der Waals surface area contributed by atoms with E-state index in [0.29, 0.717) is 17.4 Å². The molecule has 0 radical (unpaired) electrons. The maximum atomic E-state index is 14.3. The van der Waals surface area contributed by atoms with E-state index in [1.165, 1.54) is 18.2 Å². The number of benzene rings is 3. The fourth-order valence-corrected chi connectivity index (χ4v) is 3.26. The second kappa shape index (κ2) is 10.8. The van der Waals surface area contributed by atoms with Crippen molar-refractivity contribution < 1.29 is 36.2 Å². The van der Waals surface area contributed by atoms with Crippen molar-refractivity contribution in [3.63, 3.8) is 0 Å². The Kier molecular flexibility index (Phi) is 7.99. The number of carbonyl (C=O) groups excluding carboxylic acids is 1. The molecule has 3 rings (SSSR count). The average Bonchev–Trinajstić information content (AvgIpc) is 2.79. The Morgan fingerprint density at radius 1 is 0.886 bits per heavy atom. The fourth-order valence-electron chi connectivity index (χ4n) is 3.26. The molecule has 0 aliphatic heterocycles. The number of nitrogens with one attached hydrogen (secondary N) is 1. The minimum atomic E-state index is -4.69. The Labute approximate surface area is 199 Å². The van der Waals surface area contributed by atoms with Crippen LogP contribution in [0.2, 0.25) is 0 Å². The number of halogens is 5. The average molecular weight is 493 g/mol. The van der Waals surface area contributed by atoms with Gasteiger partial charge in [0.2, 0.25) is 0 Å². The summed E-state index contributed by atoms with van der Waals surface area (Å²) in [6, 6.07) is 13.6. The lowest BCUT2D eigenvalue weighted by Crippen LogP contribution is -2.36. The van der Waals surface area contributed by atoms with Crippen LogP contribution in [0.3, 0.4) is 0 Å². The fraction of sp³-hybridized carbons (Fsp3) is 0.269. The zero-order valence-electron chi connectivity index (χ0n) is 19.2. The molecule has 2 atom stereocenters. The number of esters is 1. The van der Waals surface area contributed by atoms with Gasteiger partial charge in [-0.05, 0) is 60.9 Å². The summed E-state index contributed by atoms with van der Waals surface area (Å²) in [6.45, 7) is 4.93. The van der Waals surface area contributed by atoms with Crippen molar-refractivity contribution in [3.8, 4) is 11.5 Å². The number of rotatable bonds is 8. The third-order valence-electron chi connectivity index (χ3n) is 5.22. The van der Waals surface area contributed by atoms with Crippen LogP contribution in [0.1, 0.15) is 38.0 Å². The van der Waals surface area contributed by atoms with E-state index >= 15 is 0 Å². The molecule has 3 aromatic carbocycles. The molecule has 0 aliphatic carbocycles. The summed E-state index contributed by atoms with van der Waals surface area (Å²) in [5.74, 6) is -2.51. The SMILES string of the molecule is CC(OC(=O)C(Nc1ccc(C(F)(F)F)cc1F)C(C)C)c1ccc(F)c(Oc2ccccc2)c1. The molecule has 9 heteroatoms. The molecule has 3 aromatic rings. The smallest absolute Gasteiger partial charge is 0.416 e. The Hall–Kier alpha value is -3.62. The predicted molar refractivity (Wildman–Crippen MR) is 121 cm³/mol. The van der Waals surface area contributed by atoms with Gasteiger partial charge in [0.1, 0.15) is 23.7 Å². The number of alkyl halides is 3. The molecule has 0 heterocycles. The summed E-state index contributed by atoms with van der Waals surface area (Å²) in [4.78, 5) is 12.9. The molecule has 186 valence electrons. The molecule has 0 saturated heterocycles. The van der Waals surface area contributed by atoms with Crippen molar-refractivity contribution >= 4 is 11.7 Å². The van der Waals surface area contributed by atoms with Gasteiger partial charge in [-0.3, -0.25) is 0 Å². The molecular formula is C26H24F5NO3. The van der Waals surface area contributed by atoms with Gasteiger partial charge in [-0.25, -0.2) is 13.6 Å². The topological polar surface area (TPSA) is 47.6 Å². The lowest BCUT2D eigenvalue weighted by atomic mass is 10.0. The van der Waals surface area contributed by atoms with Gasteiger partial charge in [0.15, 0.2) is 11.6 Å². The first-order valence-electron chi connectivity index (χ1n) is 10.8. The van der Waals surface area contributed by atoms with E-state index in [0.717, 1.165) is 12.1 Å². The van der Waals surface area contributed by atoms with Crippen LogP contribution in [0.15, 0.2) is 66.7 Å². The first-order valence-corrected chi connectivity index (χ1v) is 10.8. The predicted octanol–water partition coefficient (Wildman–Crippen LogP) is 7.52. The van der Waals surface area contributed by atoms with Gasteiger partial charge in [0.25, 0.3) is 0 Å². The molecule has 35 heavy (non-hydrogen) atoms. The molecule has 0 fully saturated rings. The monoisotopic (exact) mass is 493 g/mol. The molecule has 0 saturated carbocycles. The number of para-hydroxylation sites is 1. The highest BCUT2D eigenvalue weighted by Gasteiger charge is 2.32. The maximum absolute atomic E-state index is 14.3. The number of carbonyl (C=O) groups is 1. The summed E-state index contributed by atoms with van der Waals surface area (Å²) >= 11 is 0. The summed E-state index contributed by atoms with van der Waals surface area (Å²) < 4.78 is 78.0. The van der Waals surface area contributed by atoms with Crippen molar-refractivity contribution in [2.24, 2.45) is 5.92 Å². The highest BCUT2D eigenvalue weighted by atomic mass is 19.4. The largest absolute Gasteiger partial charge is 0.456 e. The first-order chi connectivity index (χ1) is 16.5. The van der Waals surface area contributed by atoms with Crippen molar-refractivity contribution in [1.82, 2.24) is 0 Å². The highest BCUT2D eigenvalue weighted by Crippen LogP contribution is 2.32. The molecule has 0 aliphatic rings. The summed E-state index contributed by atoms with van der Waals surface area (Å²) in [6.07, 6.45) is -5.51. The minimum absolute atomic E-state index is 0.0537. The van der Waals surface area contributed by atoms with Gasteiger partial charge in [0.05, 0.1) is 11.3 Å². The molecule has 0 bridgehead atoms. The van der Waals surface area contributed by atoms with E-state index < -0.39 is 41.5 Å². The molecule has 0 amide bonds. The Morgan fingerprint density at radius 2 is 1.57 bits per heavy atom. The lowest BCUT2D eigenvalue weighted by molar-refractivity contribution is -0.150. The van der Waals surface area contributed by atoms with Gasteiger partial charge in [0, 0.05) is 0 Å². The summed E-state index contributed by atoms with van der Waals surface area (Å²) in [7, 11) is 0. The van der Waals surface area contributed by atoms with Gasteiger partial charge in [-0.1, -0.05) is 38.1 Å². The number of hydrogen-bond acceptors (Lipinski definition) is 4. The van der Waals surface area contributed by atoms with Gasteiger partial charge in [-0.15, -0.1) is 0 Å². The molecule has 0 aromatic heterocycles. The second-order valence-electron chi connectivity index (χ2n) is 8.24. The number of hydrogen-bond donors (Lipinski definition) is 1. The summed E-state index contributed by atoms with van der Waals surface area (Å²) in [5, 5.41) is 2.63. The van der Waals surface area contributed by atoms with Gasteiger partial charge in [-0.2, -0.15) is 13.2 Å². The van der Waals surface area contributed by atoms with Crippen molar-refractivity contribution in [2.45, 2.75) is 39.1 Å². The molecule has 4 nitrogen and oxygen atoms in total. The zero-order chi connectivity index (χ0) is 25.8. The van der Waals surface area contributed by atoms with Crippen LogP contribution in [0.4, 0.5) is 27.6 Å². The zero-order valence-corrected chi connectivity index (χ0v) is 19.2. The quantitative estimate of drug-likeness (QED) is 0.261. The first kappa shape index (κ1) is 26.0. The minimum Gasteiger partial charge on any atom is -0.456 e. The third-order valence-corrected chi connectivity index (χ3v) is 5.22. The van der Waals surface area contributed by atoms with Crippen LogP contribution in [0.25, 0.3) is 0 Å². The number of ether oxygens (including phenoxy) is 2. The van der Waals surface area contributed by atoms with Crippen LogP contribution >= 0.6 is 0 Å². The van der Waals surface area contributed by atoms with Crippen molar-refractivity contribution in [3.05, 3.63) is 89.5 Å². The lowest BCUT2D eigenvalue weighted by Gasteiger charge is -2.25. The van der Waals surface area contributed by atoms with Crippen LogP contribution < -0.4 is 10.1 Å². The Morgan fingerprint density at radius 3 is 2.17 bits per heavy atom.